The quantitative estimate of drug-likeness (QED) is 0.699. The molecule has 2 N–H and O–H groups in total. The van der Waals surface area contributed by atoms with Crippen LogP contribution in [0.15, 0.2) is 39.6 Å². The lowest BCUT2D eigenvalue weighted by molar-refractivity contribution is 0.415. The number of rotatable bonds is 2. The van der Waals surface area contributed by atoms with Gasteiger partial charge in [0.2, 0.25) is 0 Å². The molecule has 23 heavy (non-hydrogen) atoms. The zero-order valence-electron chi connectivity index (χ0n) is 13.1. The van der Waals surface area contributed by atoms with E-state index < -0.39 is 0 Å². The van der Waals surface area contributed by atoms with E-state index in [1.54, 1.807) is 42.9 Å². The molecule has 6 heteroatoms. The van der Waals surface area contributed by atoms with Gasteiger partial charge >= 0.3 is 0 Å². The SMILES string of the molecule is COc1ccc2nc(C)n(-c3cc(N)cc(C)c3Br)c(=O)c2c1. The average molecular weight is 374 g/mol. The molecule has 0 saturated carbocycles. The third-order valence-corrected chi connectivity index (χ3v) is 4.77. The molecular weight excluding hydrogens is 358 g/mol. The standard InChI is InChI=1S/C17H16BrN3O2/c1-9-6-11(19)7-15(16(9)18)21-10(2)20-14-5-4-12(23-3)8-13(14)17(21)22/h4-8H,19H2,1-3H3. The van der Waals surface area contributed by atoms with Gasteiger partial charge in [-0.05, 0) is 65.7 Å². The molecule has 0 aliphatic rings. The highest BCUT2D eigenvalue weighted by Gasteiger charge is 2.14. The maximum Gasteiger partial charge on any atom is 0.266 e. The second kappa shape index (κ2) is 5.70. The van der Waals surface area contributed by atoms with Crippen LogP contribution in [0.2, 0.25) is 0 Å². The van der Waals surface area contributed by atoms with Gasteiger partial charge in [-0.15, -0.1) is 0 Å². The van der Waals surface area contributed by atoms with Crippen LogP contribution in [-0.4, -0.2) is 16.7 Å². The smallest absolute Gasteiger partial charge is 0.266 e. The molecule has 0 spiro atoms. The third-order valence-electron chi connectivity index (χ3n) is 3.74. The number of benzene rings is 2. The lowest BCUT2D eigenvalue weighted by atomic mass is 10.1. The highest BCUT2D eigenvalue weighted by molar-refractivity contribution is 9.10. The van der Waals surface area contributed by atoms with E-state index in [-0.39, 0.29) is 5.56 Å². The van der Waals surface area contributed by atoms with Crippen molar-refractivity contribution in [1.82, 2.24) is 9.55 Å². The maximum atomic E-state index is 13.0. The predicted octanol–water partition coefficient (Wildman–Crippen LogP) is 3.36. The van der Waals surface area contributed by atoms with Crippen molar-refractivity contribution in [3.05, 3.63) is 56.5 Å². The fourth-order valence-corrected chi connectivity index (χ4v) is 3.03. The number of aromatic nitrogens is 2. The second-order valence-corrected chi connectivity index (χ2v) is 6.15. The molecule has 0 amide bonds. The minimum atomic E-state index is -0.155. The number of nitrogen functional groups attached to an aromatic ring is 1. The predicted molar refractivity (Wildman–Crippen MR) is 95.5 cm³/mol. The zero-order valence-corrected chi connectivity index (χ0v) is 14.6. The van der Waals surface area contributed by atoms with Gasteiger partial charge in [0.15, 0.2) is 0 Å². The lowest BCUT2D eigenvalue weighted by Gasteiger charge is -2.15. The summed E-state index contributed by atoms with van der Waals surface area (Å²) >= 11 is 3.54. The van der Waals surface area contributed by atoms with Crippen LogP contribution in [0, 0.1) is 13.8 Å². The molecule has 0 fully saturated rings. The molecule has 0 atom stereocenters. The van der Waals surface area contributed by atoms with E-state index in [9.17, 15) is 4.79 Å². The molecule has 0 bridgehead atoms. The van der Waals surface area contributed by atoms with E-state index in [1.807, 2.05) is 13.0 Å². The molecule has 3 aromatic rings. The molecule has 3 rings (SSSR count). The van der Waals surface area contributed by atoms with Gasteiger partial charge in [0.25, 0.3) is 5.56 Å². The Hall–Kier alpha value is -2.34. The molecule has 1 aromatic heterocycles. The first-order valence-corrected chi connectivity index (χ1v) is 7.85. The zero-order chi connectivity index (χ0) is 16.7. The summed E-state index contributed by atoms with van der Waals surface area (Å²) in [5, 5.41) is 0.502. The number of hydrogen-bond donors (Lipinski definition) is 1. The van der Waals surface area contributed by atoms with E-state index in [4.69, 9.17) is 10.5 Å². The number of ether oxygens (including phenoxy) is 1. The van der Waals surface area contributed by atoms with Gasteiger partial charge in [-0.1, -0.05) is 0 Å². The Kier molecular flexibility index (Phi) is 3.85. The molecule has 0 aliphatic carbocycles. The third kappa shape index (κ3) is 2.59. The van der Waals surface area contributed by atoms with E-state index >= 15 is 0 Å². The fourth-order valence-electron chi connectivity index (χ4n) is 2.63. The Bertz CT molecular complexity index is 980. The Morgan fingerprint density at radius 1 is 1.22 bits per heavy atom. The topological polar surface area (TPSA) is 70.1 Å². The summed E-state index contributed by atoms with van der Waals surface area (Å²) in [5.74, 6) is 1.22. The number of hydrogen-bond acceptors (Lipinski definition) is 4. The number of aryl methyl sites for hydroxylation is 2. The summed E-state index contributed by atoms with van der Waals surface area (Å²) in [4.78, 5) is 17.5. The van der Waals surface area contributed by atoms with E-state index in [2.05, 4.69) is 20.9 Å². The number of nitrogens with zero attached hydrogens (tertiary/aromatic N) is 2. The van der Waals surface area contributed by atoms with Crippen molar-refractivity contribution in [2.45, 2.75) is 13.8 Å². The highest BCUT2D eigenvalue weighted by atomic mass is 79.9. The van der Waals surface area contributed by atoms with Crippen molar-refractivity contribution in [3.63, 3.8) is 0 Å². The Morgan fingerprint density at radius 2 is 1.96 bits per heavy atom. The van der Waals surface area contributed by atoms with Gasteiger partial charge in [0.1, 0.15) is 11.6 Å². The van der Waals surface area contributed by atoms with Gasteiger partial charge in [-0.25, -0.2) is 4.98 Å². The van der Waals surface area contributed by atoms with Crippen LogP contribution in [-0.2, 0) is 0 Å². The number of methoxy groups -OCH3 is 1. The Balaban J connectivity index is 2.41. The second-order valence-electron chi connectivity index (χ2n) is 5.35. The van der Waals surface area contributed by atoms with Crippen molar-refractivity contribution >= 4 is 32.5 Å². The molecule has 0 aliphatic heterocycles. The van der Waals surface area contributed by atoms with Crippen LogP contribution in [0.3, 0.4) is 0 Å². The normalized spacial score (nSPS) is 11.0. The molecule has 5 nitrogen and oxygen atoms in total. The highest BCUT2D eigenvalue weighted by Crippen LogP contribution is 2.28. The van der Waals surface area contributed by atoms with Crippen LogP contribution in [0.25, 0.3) is 16.6 Å². The first-order valence-electron chi connectivity index (χ1n) is 7.05. The van der Waals surface area contributed by atoms with E-state index in [0.717, 1.165) is 10.0 Å². The van der Waals surface area contributed by atoms with Gasteiger partial charge < -0.3 is 10.5 Å². The molecule has 2 aromatic carbocycles. The van der Waals surface area contributed by atoms with E-state index in [0.29, 0.717) is 33.9 Å². The molecule has 118 valence electrons. The molecule has 0 unspecified atom stereocenters. The van der Waals surface area contributed by atoms with Gasteiger partial charge in [-0.3, -0.25) is 9.36 Å². The summed E-state index contributed by atoms with van der Waals surface area (Å²) in [5.41, 5.74) is 8.67. The largest absolute Gasteiger partial charge is 0.497 e. The van der Waals surface area contributed by atoms with E-state index in [1.165, 1.54) is 0 Å². The molecule has 0 saturated heterocycles. The summed E-state index contributed by atoms with van der Waals surface area (Å²) < 4.78 is 7.59. The number of fused-ring (bicyclic) bond motifs is 1. The van der Waals surface area contributed by atoms with Crippen LogP contribution in [0.4, 0.5) is 5.69 Å². The van der Waals surface area contributed by atoms with Gasteiger partial charge in [-0.2, -0.15) is 0 Å². The minimum absolute atomic E-state index is 0.155. The first kappa shape index (κ1) is 15.6. The molecular formula is C17H16BrN3O2. The Labute approximate surface area is 141 Å². The van der Waals surface area contributed by atoms with Crippen molar-refractivity contribution < 1.29 is 4.74 Å². The van der Waals surface area contributed by atoms with Crippen LogP contribution in [0.5, 0.6) is 5.75 Å². The monoisotopic (exact) mass is 373 g/mol. The van der Waals surface area contributed by atoms with Crippen molar-refractivity contribution in [2.75, 3.05) is 12.8 Å². The molecule has 0 radical (unpaired) electrons. The molecule has 1 heterocycles. The number of anilines is 1. The van der Waals surface area contributed by atoms with Crippen molar-refractivity contribution in [1.29, 1.82) is 0 Å². The van der Waals surface area contributed by atoms with Crippen LogP contribution in [0.1, 0.15) is 11.4 Å². The van der Waals surface area contributed by atoms with Crippen LogP contribution >= 0.6 is 15.9 Å². The summed E-state index contributed by atoms with van der Waals surface area (Å²) in [7, 11) is 1.57. The average Bonchev–Trinajstić information content (AvgIpc) is 2.51. The van der Waals surface area contributed by atoms with Gasteiger partial charge in [0.05, 0.1) is 23.7 Å². The Morgan fingerprint density at radius 3 is 2.65 bits per heavy atom. The maximum absolute atomic E-state index is 13.0. The lowest BCUT2D eigenvalue weighted by Crippen LogP contribution is -2.23. The first-order chi connectivity index (χ1) is 10.9. The summed E-state index contributed by atoms with van der Waals surface area (Å²) in [6.07, 6.45) is 0. The number of halogens is 1. The fraction of sp³-hybridized carbons (Fsp3) is 0.176. The minimum Gasteiger partial charge on any atom is -0.497 e. The summed E-state index contributed by atoms with van der Waals surface area (Å²) in [6.45, 7) is 3.73. The van der Waals surface area contributed by atoms with Crippen molar-refractivity contribution in [2.24, 2.45) is 0 Å². The number of nitrogens with two attached hydrogens (primary N) is 1. The van der Waals surface area contributed by atoms with Crippen LogP contribution < -0.4 is 16.0 Å². The van der Waals surface area contributed by atoms with Crippen molar-refractivity contribution in [3.8, 4) is 11.4 Å². The summed E-state index contributed by atoms with van der Waals surface area (Å²) in [6, 6.07) is 8.89. The van der Waals surface area contributed by atoms with Gasteiger partial charge in [0, 0.05) is 10.2 Å².